The molecule has 0 atom stereocenters. The largest absolute Gasteiger partial charge is 0.488 e. The van der Waals surface area contributed by atoms with Gasteiger partial charge in [0.15, 0.2) is 0 Å². The molecular formula is C15H14BrClFNO. The van der Waals surface area contributed by atoms with Crippen molar-refractivity contribution in [3.05, 3.63) is 62.8 Å². The van der Waals surface area contributed by atoms with Gasteiger partial charge in [0.2, 0.25) is 0 Å². The highest BCUT2D eigenvalue weighted by molar-refractivity contribution is 9.10. The van der Waals surface area contributed by atoms with Crippen LogP contribution in [-0.4, -0.2) is 7.05 Å². The Bertz CT molecular complexity index is 606. The average Bonchev–Trinajstić information content (AvgIpc) is 2.43. The van der Waals surface area contributed by atoms with Crippen LogP contribution in [0.5, 0.6) is 5.75 Å². The second-order valence-electron chi connectivity index (χ2n) is 4.28. The van der Waals surface area contributed by atoms with Crippen molar-refractivity contribution < 1.29 is 9.13 Å². The topological polar surface area (TPSA) is 21.3 Å². The molecule has 5 heteroatoms. The van der Waals surface area contributed by atoms with Gasteiger partial charge in [-0.2, -0.15) is 0 Å². The van der Waals surface area contributed by atoms with E-state index in [1.165, 1.54) is 12.1 Å². The molecule has 0 amide bonds. The van der Waals surface area contributed by atoms with E-state index in [-0.39, 0.29) is 5.02 Å². The fourth-order valence-corrected chi connectivity index (χ4v) is 2.58. The molecule has 0 aliphatic heterocycles. The fraction of sp³-hybridized carbons (Fsp3) is 0.200. The normalized spacial score (nSPS) is 10.6. The number of nitrogens with one attached hydrogen (secondary N) is 1. The maximum Gasteiger partial charge on any atom is 0.145 e. The number of halogens is 3. The Hall–Kier alpha value is -1.10. The maximum atomic E-state index is 13.4. The molecule has 0 bridgehead atoms. The van der Waals surface area contributed by atoms with Crippen LogP contribution in [-0.2, 0) is 13.2 Å². The minimum atomic E-state index is -0.492. The quantitative estimate of drug-likeness (QED) is 0.792. The second-order valence-corrected chi connectivity index (χ2v) is 5.55. The van der Waals surface area contributed by atoms with Gasteiger partial charge < -0.3 is 10.1 Å². The van der Waals surface area contributed by atoms with Gasteiger partial charge in [0.05, 0.1) is 9.50 Å². The van der Waals surface area contributed by atoms with Crippen molar-refractivity contribution in [2.75, 3.05) is 7.05 Å². The van der Waals surface area contributed by atoms with E-state index >= 15 is 0 Å². The van der Waals surface area contributed by atoms with E-state index in [0.717, 1.165) is 17.7 Å². The van der Waals surface area contributed by atoms with E-state index in [2.05, 4.69) is 21.2 Å². The summed E-state index contributed by atoms with van der Waals surface area (Å²) in [5.41, 5.74) is 2.21. The minimum absolute atomic E-state index is 0.0693. The van der Waals surface area contributed by atoms with Crippen molar-refractivity contribution in [3.8, 4) is 5.75 Å². The summed E-state index contributed by atoms with van der Waals surface area (Å²) in [5.74, 6) is -0.0560. The summed E-state index contributed by atoms with van der Waals surface area (Å²) in [7, 11) is 1.89. The van der Waals surface area contributed by atoms with Crippen LogP contribution in [0.3, 0.4) is 0 Å². The first-order valence-electron chi connectivity index (χ1n) is 6.10. The molecule has 2 nitrogen and oxygen atoms in total. The summed E-state index contributed by atoms with van der Waals surface area (Å²) < 4.78 is 19.7. The van der Waals surface area contributed by atoms with Crippen LogP contribution in [0.2, 0.25) is 5.02 Å². The van der Waals surface area contributed by atoms with Crippen LogP contribution in [0.25, 0.3) is 0 Å². The predicted octanol–water partition coefficient (Wildman–Crippen LogP) is 4.54. The van der Waals surface area contributed by atoms with Crippen molar-refractivity contribution in [1.29, 1.82) is 0 Å². The van der Waals surface area contributed by atoms with E-state index in [0.29, 0.717) is 16.8 Å². The molecule has 0 aliphatic rings. The highest BCUT2D eigenvalue weighted by Crippen LogP contribution is 2.31. The summed E-state index contributed by atoms with van der Waals surface area (Å²) in [5, 5.41) is 3.18. The van der Waals surface area contributed by atoms with E-state index < -0.39 is 5.82 Å². The lowest BCUT2D eigenvalue weighted by Crippen LogP contribution is -2.09. The Balaban J connectivity index is 2.15. The van der Waals surface area contributed by atoms with E-state index in [9.17, 15) is 4.39 Å². The Morgan fingerprint density at radius 2 is 1.95 bits per heavy atom. The van der Waals surface area contributed by atoms with Gasteiger partial charge in [0, 0.05) is 12.6 Å². The highest BCUT2D eigenvalue weighted by atomic mass is 79.9. The Morgan fingerprint density at radius 1 is 1.25 bits per heavy atom. The lowest BCUT2D eigenvalue weighted by atomic mass is 10.1. The van der Waals surface area contributed by atoms with Gasteiger partial charge >= 0.3 is 0 Å². The lowest BCUT2D eigenvalue weighted by molar-refractivity contribution is 0.301. The summed E-state index contributed by atoms with van der Waals surface area (Å²) in [4.78, 5) is 0. The third kappa shape index (κ3) is 3.72. The Labute approximate surface area is 131 Å². The van der Waals surface area contributed by atoms with E-state index in [4.69, 9.17) is 16.3 Å². The van der Waals surface area contributed by atoms with Crippen molar-refractivity contribution >= 4 is 27.5 Å². The summed E-state index contributed by atoms with van der Waals surface area (Å²) in [6.07, 6.45) is 0. The first-order valence-corrected chi connectivity index (χ1v) is 7.27. The van der Waals surface area contributed by atoms with Gasteiger partial charge in [-0.15, -0.1) is 0 Å². The van der Waals surface area contributed by atoms with Crippen LogP contribution in [0.4, 0.5) is 4.39 Å². The molecule has 0 aromatic heterocycles. The fourth-order valence-electron chi connectivity index (χ4n) is 1.83. The average molecular weight is 359 g/mol. The molecule has 2 aromatic rings. The van der Waals surface area contributed by atoms with E-state index in [1.807, 2.05) is 31.3 Å². The van der Waals surface area contributed by atoms with Gasteiger partial charge in [-0.25, -0.2) is 4.39 Å². The Kier molecular flexibility index (Phi) is 5.40. The van der Waals surface area contributed by atoms with Crippen molar-refractivity contribution in [2.45, 2.75) is 13.2 Å². The van der Waals surface area contributed by atoms with Crippen LogP contribution in [0, 0.1) is 5.82 Å². The summed E-state index contributed by atoms with van der Waals surface area (Å²) >= 11 is 9.02. The van der Waals surface area contributed by atoms with E-state index in [1.54, 1.807) is 0 Å². The van der Waals surface area contributed by atoms with Gasteiger partial charge in [0.25, 0.3) is 0 Å². The van der Waals surface area contributed by atoms with Crippen LogP contribution in [0.15, 0.2) is 40.9 Å². The van der Waals surface area contributed by atoms with Crippen LogP contribution in [0.1, 0.15) is 11.1 Å². The molecule has 106 valence electrons. The second kappa shape index (κ2) is 7.07. The van der Waals surface area contributed by atoms with Crippen molar-refractivity contribution in [1.82, 2.24) is 5.32 Å². The molecule has 0 aliphatic carbocycles. The predicted molar refractivity (Wildman–Crippen MR) is 82.6 cm³/mol. The van der Waals surface area contributed by atoms with Gasteiger partial charge in [-0.1, -0.05) is 35.9 Å². The number of rotatable bonds is 5. The van der Waals surface area contributed by atoms with Crippen molar-refractivity contribution in [2.24, 2.45) is 0 Å². The molecule has 0 unspecified atom stereocenters. The molecule has 0 saturated carbocycles. The molecule has 0 heterocycles. The number of hydrogen-bond acceptors (Lipinski definition) is 2. The van der Waals surface area contributed by atoms with Crippen LogP contribution >= 0.6 is 27.5 Å². The highest BCUT2D eigenvalue weighted by Gasteiger charge is 2.09. The molecule has 2 aromatic carbocycles. The molecular weight excluding hydrogens is 345 g/mol. The zero-order valence-corrected chi connectivity index (χ0v) is 13.3. The first-order chi connectivity index (χ1) is 9.61. The monoisotopic (exact) mass is 357 g/mol. The SMILES string of the molecule is CNCc1ccccc1COc1cc(F)c(Cl)cc1Br. The first kappa shape index (κ1) is 15.3. The molecule has 0 fully saturated rings. The van der Waals surface area contributed by atoms with Crippen LogP contribution < -0.4 is 10.1 Å². The number of benzene rings is 2. The van der Waals surface area contributed by atoms with Crippen molar-refractivity contribution in [3.63, 3.8) is 0 Å². The summed E-state index contributed by atoms with van der Waals surface area (Å²) in [6, 6.07) is 10.7. The zero-order chi connectivity index (χ0) is 14.5. The maximum absolute atomic E-state index is 13.4. The summed E-state index contributed by atoms with van der Waals surface area (Å²) in [6.45, 7) is 1.13. The third-order valence-electron chi connectivity index (χ3n) is 2.84. The molecule has 1 N–H and O–H groups in total. The minimum Gasteiger partial charge on any atom is -0.488 e. The third-order valence-corrected chi connectivity index (χ3v) is 3.75. The van der Waals surface area contributed by atoms with Gasteiger partial charge in [-0.05, 0) is 40.2 Å². The number of hydrogen-bond donors (Lipinski definition) is 1. The number of ether oxygens (including phenoxy) is 1. The van der Waals surface area contributed by atoms with Gasteiger partial charge in [-0.3, -0.25) is 0 Å². The molecule has 0 spiro atoms. The molecule has 2 rings (SSSR count). The molecule has 0 saturated heterocycles. The lowest BCUT2D eigenvalue weighted by Gasteiger charge is -2.12. The molecule has 0 radical (unpaired) electrons. The Morgan fingerprint density at radius 3 is 2.65 bits per heavy atom. The standard InChI is InChI=1S/C15H14BrClFNO/c1-19-8-10-4-2-3-5-11(10)9-20-15-7-14(18)13(17)6-12(15)16/h2-7,19H,8-9H2,1H3. The zero-order valence-electron chi connectivity index (χ0n) is 10.9. The van der Waals surface area contributed by atoms with Gasteiger partial charge in [0.1, 0.15) is 18.2 Å². The molecule has 20 heavy (non-hydrogen) atoms. The smallest absolute Gasteiger partial charge is 0.145 e.